The maximum absolute atomic E-state index is 10.6. The molecular formula is C6H10N2O3S2. The first-order valence-corrected chi connectivity index (χ1v) is 5.84. The summed E-state index contributed by atoms with van der Waals surface area (Å²) in [5.74, 6) is 0.590. The normalized spacial score (nSPS) is 14.3. The summed E-state index contributed by atoms with van der Waals surface area (Å²) in [6.45, 7) is -0.0184. The predicted octanol–water partition coefficient (Wildman–Crippen LogP) is 0.357. The van der Waals surface area contributed by atoms with E-state index in [4.69, 9.17) is 0 Å². The van der Waals surface area contributed by atoms with Gasteiger partial charge in [-0.3, -0.25) is 4.18 Å². The SMILES string of the molecule is CS(=O)(=O)OCC(S)c1ncc[nH]1. The van der Waals surface area contributed by atoms with Crippen molar-refractivity contribution in [1.29, 1.82) is 0 Å². The fourth-order valence-electron chi connectivity index (χ4n) is 0.727. The number of nitrogens with zero attached hydrogens (tertiary/aromatic N) is 1. The Morgan fingerprint density at radius 1 is 1.77 bits per heavy atom. The van der Waals surface area contributed by atoms with Gasteiger partial charge in [0, 0.05) is 12.4 Å². The van der Waals surface area contributed by atoms with E-state index in [1.54, 1.807) is 12.4 Å². The Hall–Kier alpha value is -0.530. The van der Waals surface area contributed by atoms with E-state index in [1.807, 2.05) is 0 Å². The van der Waals surface area contributed by atoms with Gasteiger partial charge in [-0.05, 0) is 0 Å². The van der Waals surface area contributed by atoms with Gasteiger partial charge in [-0.1, -0.05) is 0 Å². The van der Waals surface area contributed by atoms with Crippen LogP contribution in [0.5, 0.6) is 0 Å². The number of aromatic nitrogens is 2. The summed E-state index contributed by atoms with van der Waals surface area (Å²) < 4.78 is 25.8. The maximum atomic E-state index is 10.6. The largest absolute Gasteiger partial charge is 0.348 e. The molecule has 1 unspecified atom stereocenters. The molecule has 1 aromatic heterocycles. The molecular weight excluding hydrogens is 212 g/mol. The van der Waals surface area contributed by atoms with E-state index in [0.29, 0.717) is 5.82 Å². The second kappa shape index (κ2) is 4.12. The van der Waals surface area contributed by atoms with Crippen molar-refractivity contribution in [2.45, 2.75) is 5.25 Å². The lowest BCUT2D eigenvalue weighted by Gasteiger charge is -2.06. The zero-order valence-electron chi connectivity index (χ0n) is 6.97. The van der Waals surface area contributed by atoms with Gasteiger partial charge in [-0.15, -0.1) is 0 Å². The van der Waals surface area contributed by atoms with Crippen LogP contribution in [0.2, 0.25) is 0 Å². The molecule has 0 amide bonds. The van der Waals surface area contributed by atoms with Crippen molar-refractivity contribution in [1.82, 2.24) is 9.97 Å². The maximum Gasteiger partial charge on any atom is 0.264 e. The van der Waals surface area contributed by atoms with E-state index in [9.17, 15) is 8.42 Å². The average molecular weight is 222 g/mol. The van der Waals surface area contributed by atoms with Gasteiger partial charge in [-0.2, -0.15) is 21.0 Å². The highest BCUT2D eigenvalue weighted by Crippen LogP contribution is 2.15. The first-order valence-electron chi connectivity index (χ1n) is 3.51. The molecule has 0 aromatic carbocycles. The van der Waals surface area contributed by atoms with Crippen molar-refractivity contribution in [2.75, 3.05) is 12.9 Å². The summed E-state index contributed by atoms with van der Waals surface area (Å²) in [6.07, 6.45) is 4.20. The first-order chi connectivity index (χ1) is 5.99. The van der Waals surface area contributed by atoms with E-state index in [2.05, 4.69) is 26.8 Å². The molecule has 0 saturated carbocycles. The van der Waals surface area contributed by atoms with Gasteiger partial charge in [0.05, 0.1) is 18.1 Å². The standard InChI is InChI=1S/C6H10N2O3S2/c1-13(9,10)11-4-5(12)6-7-2-3-8-6/h2-3,5,12H,4H2,1H3,(H,7,8). The van der Waals surface area contributed by atoms with Crippen molar-refractivity contribution in [2.24, 2.45) is 0 Å². The quantitative estimate of drug-likeness (QED) is 0.570. The zero-order chi connectivity index (χ0) is 9.90. The first kappa shape index (κ1) is 10.6. The van der Waals surface area contributed by atoms with Crippen LogP contribution in [0.1, 0.15) is 11.1 Å². The molecule has 0 spiro atoms. The van der Waals surface area contributed by atoms with Gasteiger partial charge < -0.3 is 4.98 Å². The molecule has 1 aromatic rings. The Morgan fingerprint density at radius 3 is 2.92 bits per heavy atom. The Morgan fingerprint density at radius 2 is 2.46 bits per heavy atom. The van der Waals surface area contributed by atoms with Crippen molar-refractivity contribution < 1.29 is 12.6 Å². The van der Waals surface area contributed by atoms with Crippen molar-refractivity contribution in [3.8, 4) is 0 Å². The predicted molar refractivity (Wildman–Crippen MR) is 51.1 cm³/mol. The monoisotopic (exact) mass is 222 g/mol. The number of aromatic amines is 1. The topological polar surface area (TPSA) is 72.1 Å². The van der Waals surface area contributed by atoms with Crippen LogP contribution >= 0.6 is 12.6 Å². The highest BCUT2D eigenvalue weighted by atomic mass is 32.2. The number of thiol groups is 1. The van der Waals surface area contributed by atoms with Crippen LogP contribution < -0.4 is 0 Å². The second-order valence-corrected chi connectivity index (χ2v) is 4.75. The lowest BCUT2D eigenvalue weighted by atomic mass is 10.4. The summed E-state index contributed by atoms with van der Waals surface area (Å²) in [6, 6.07) is 0. The highest BCUT2D eigenvalue weighted by molar-refractivity contribution is 7.86. The third-order valence-corrected chi connectivity index (χ3v) is 2.23. The Labute approximate surface area is 82.1 Å². The molecule has 0 bridgehead atoms. The van der Waals surface area contributed by atoms with Crippen LogP contribution in [0, 0.1) is 0 Å². The van der Waals surface area contributed by atoms with E-state index in [-0.39, 0.29) is 11.9 Å². The van der Waals surface area contributed by atoms with Gasteiger partial charge in [-0.25, -0.2) is 4.98 Å². The molecule has 0 fully saturated rings. The van der Waals surface area contributed by atoms with Crippen LogP contribution in [0.4, 0.5) is 0 Å². The summed E-state index contributed by atoms with van der Waals surface area (Å²) in [5.41, 5.74) is 0. The minimum Gasteiger partial charge on any atom is -0.348 e. The Balaban J connectivity index is 2.48. The highest BCUT2D eigenvalue weighted by Gasteiger charge is 2.12. The van der Waals surface area contributed by atoms with Gasteiger partial charge in [0.2, 0.25) is 0 Å². The van der Waals surface area contributed by atoms with Crippen LogP contribution in [0.15, 0.2) is 12.4 Å². The number of hydrogen-bond donors (Lipinski definition) is 2. The van der Waals surface area contributed by atoms with Crippen molar-refractivity contribution in [3.63, 3.8) is 0 Å². The lowest BCUT2D eigenvalue weighted by Crippen LogP contribution is -2.09. The average Bonchev–Trinajstić information content (AvgIpc) is 2.50. The molecule has 74 valence electrons. The summed E-state index contributed by atoms with van der Waals surface area (Å²) in [4.78, 5) is 6.72. The number of rotatable bonds is 4. The number of H-pyrrole nitrogens is 1. The molecule has 0 aliphatic carbocycles. The molecule has 0 aliphatic rings. The minimum absolute atomic E-state index is 0.0184. The number of hydrogen-bond acceptors (Lipinski definition) is 5. The number of nitrogens with one attached hydrogen (secondary N) is 1. The number of imidazole rings is 1. The molecule has 1 rings (SSSR count). The summed E-state index contributed by atoms with van der Waals surface area (Å²) in [7, 11) is -3.40. The van der Waals surface area contributed by atoms with Crippen LogP contribution in [0.25, 0.3) is 0 Å². The molecule has 5 nitrogen and oxygen atoms in total. The van der Waals surface area contributed by atoms with Crippen LogP contribution in [-0.2, 0) is 14.3 Å². The Kier molecular flexibility index (Phi) is 3.34. The molecule has 0 radical (unpaired) electrons. The third-order valence-electron chi connectivity index (χ3n) is 1.27. The van der Waals surface area contributed by atoms with Crippen molar-refractivity contribution in [3.05, 3.63) is 18.2 Å². The summed E-state index contributed by atoms with van der Waals surface area (Å²) >= 11 is 4.11. The minimum atomic E-state index is -3.40. The molecule has 1 atom stereocenters. The molecule has 1 heterocycles. The smallest absolute Gasteiger partial charge is 0.264 e. The van der Waals surface area contributed by atoms with E-state index >= 15 is 0 Å². The molecule has 7 heteroatoms. The molecule has 0 saturated heterocycles. The van der Waals surface area contributed by atoms with Gasteiger partial charge in [0.15, 0.2) is 0 Å². The van der Waals surface area contributed by atoms with E-state index < -0.39 is 10.1 Å². The zero-order valence-corrected chi connectivity index (χ0v) is 8.68. The third kappa shape index (κ3) is 3.79. The van der Waals surface area contributed by atoms with Crippen LogP contribution in [-0.4, -0.2) is 31.2 Å². The molecule has 13 heavy (non-hydrogen) atoms. The fourth-order valence-corrected chi connectivity index (χ4v) is 1.43. The fraction of sp³-hybridized carbons (Fsp3) is 0.500. The van der Waals surface area contributed by atoms with Crippen molar-refractivity contribution >= 4 is 22.7 Å². The van der Waals surface area contributed by atoms with Gasteiger partial charge in [0.1, 0.15) is 5.82 Å². The van der Waals surface area contributed by atoms with E-state index in [1.165, 1.54) is 0 Å². The van der Waals surface area contributed by atoms with Crippen LogP contribution in [0.3, 0.4) is 0 Å². The lowest BCUT2D eigenvalue weighted by molar-refractivity contribution is 0.321. The summed E-state index contributed by atoms with van der Waals surface area (Å²) in [5, 5.41) is -0.357. The molecule has 0 aliphatic heterocycles. The second-order valence-electron chi connectivity index (χ2n) is 2.48. The molecule has 1 N–H and O–H groups in total. The van der Waals surface area contributed by atoms with Gasteiger partial charge >= 0.3 is 0 Å². The van der Waals surface area contributed by atoms with Gasteiger partial charge in [0.25, 0.3) is 10.1 Å². The van der Waals surface area contributed by atoms with E-state index in [0.717, 1.165) is 6.26 Å². The Bertz CT molecular complexity index is 346.